The minimum absolute atomic E-state index is 0.152. The lowest BCUT2D eigenvalue weighted by molar-refractivity contribution is -0.137. The highest BCUT2D eigenvalue weighted by Gasteiger charge is 2.31. The molecule has 2 N–H and O–H groups in total. The van der Waals surface area contributed by atoms with E-state index in [1.807, 2.05) is 4.90 Å². The molecule has 1 fully saturated rings. The van der Waals surface area contributed by atoms with Crippen LogP contribution in [0.25, 0.3) is 11.5 Å². The van der Waals surface area contributed by atoms with Gasteiger partial charge in [0.15, 0.2) is 11.5 Å². The van der Waals surface area contributed by atoms with Crippen molar-refractivity contribution in [2.24, 2.45) is 0 Å². The maximum Gasteiger partial charge on any atom is 0.417 e. The predicted molar refractivity (Wildman–Crippen MR) is 93.6 cm³/mol. The molecule has 1 amide bonds. The molecule has 7 nitrogen and oxygen atoms in total. The Balaban J connectivity index is 1.36. The van der Waals surface area contributed by atoms with Gasteiger partial charge < -0.3 is 14.6 Å². The number of furan rings is 1. The highest BCUT2D eigenvalue weighted by atomic mass is 19.4. The molecule has 1 aliphatic rings. The van der Waals surface area contributed by atoms with Crippen LogP contribution in [0.3, 0.4) is 0 Å². The Hall–Kier alpha value is -3.30. The lowest BCUT2D eigenvalue weighted by Gasteiger charge is -2.18. The molecule has 4 rings (SSSR count). The zero-order chi connectivity index (χ0) is 19.7. The van der Waals surface area contributed by atoms with Crippen molar-refractivity contribution in [3.63, 3.8) is 0 Å². The Bertz CT molecular complexity index is 951. The molecule has 146 valence electrons. The third kappa shape index (κ3) is 3.71. The van der Waals surface area contributed by atoms with Crippen molar-refractivity contribution in [3.8, 4) is 11.5 Å². The first-order valence-corrected chi connectivity index (χ1v) is 8.58. The lowest BCUT2D eigenvalue weighted by atomic mass is 10.2. The van der Waals surface area contributed by atoms with Crippen LogP contribution < -0.4 is 10.2 Å². The molecule has 0 radical (unpaired) electrons. The number of aromatic amines is 1. The van der Waals surface area contributed by atoms with Gasteiger partial charge in [0.2, 0.25) is 0 Å². The summed E-state index contributed by atoms with van der Waals surface area (Å²) in [5.41, 5.74) is 0.0425. The first-order valence-electron chi connectivity index (χ1n) is 8.58. The lowest BCUT2D eigenvalue weighted by Crippen LogP contribution is -2.37. The number of halogens is 3. The molecule has 0 aromatic carbocycles. The average Bonchev–Trinajstić information content (AvgIpc) is 3.41. The van der Waals surface area contributed by atoms with Crippen LogP contribution in [-0.2, 0) is 6.18 Å². The number of hydrogen-bond donors (Lipinski definition) is 2. The largest absolute Gasteiger partial charge is 0.463 e. The Labute approximate surface area is 157 Å². The minimum Gasteiger partial charge on any atom is -0.463 e. The van der Waals surface area contributed by atoms with E-state index in [0.717, 1.165) is 12.3 Å². The highest BCUT2D eigenvalue weighted by Crippen LogP contribution is 2.30. The van der Waals surface area contributed by atoms with E-state index in [-0.39, 0.29) is 17.6 Å². The quantitative estimate of drug-likeness (QED) is 0.714. The third-order valence-corrected chi connectivity index (χ3v) is 4.52. The van der Waals surface area contributed by atoms with Crippen molar-refractivity contribution in [2.45, 2.75) is 18.6 Å². The van der Waals surface area contributed by atoms with E-state index in [4.69, 9.17) is 4.42 Å². The topological polar surface area (TPSA) is 87.0 Å². The highest BCUT2D eigenvalue weighted by molar-refractivity contribution is 5.93. The van der Waals surface area contributed by atoms with Gasteiger partial charge in [0.25, 0.3) is 5.91 Å². The number of carbonyl (C=O) groups excluding carboxylic acids is 1. The van der Waals surface area contributed by atoms with Crippen LogP contribution in [-0.4, -0.2) is 40.2 Å². The number of rotatable bonds is 4. The fourth-order valence-electron chi connectivity index (χ4n) is 3.08. The number of aromatic nitrogens is 3. The number of pyridine rings is 1. The molecular weight excluding hydrogens is 375 g/mol. The normalized spacial score (nSPS) is 17.1. The van der Waals surface area contributed by atoms with Gasteiger partial charge in [-0.25, -0.2) is 4.98 Å². The van der Waals surface area contributed by atoms with Crippen molar-refractivity contribution >= 4 is 11.7 Å². The second kappa shape index (κ2) is 7.02. The van der Waals surface area contributed by atoms with E-state index >= 15 is 0 Å². The maximum absolute atomic E-state index is 12.6. The molecule has 4 heterocycles. The van der Waals surface area contributed by atoms with E-state index in [1.165, 1.54) is 12.3 Å². The second-order valence-electron chi connectivity index (χ2n) is 6.45. The van der Waals surface area contributed by atoms with Gasteiger partial charge in [-0.1, -0.05) is 0 Å². The van der Waals surface area contributed by atoms with Crippen molar-refractivity contribution in [1.82, 2.24) is 20.5 Å². The number of hydrogen-bond acceptors (Lipinski definition) is 5. The zero-order valence-electron chi connectivity index (χ0n) is 14.5. The first-order chi connectivity index (χ1) is 13.4. The molecule has 1 unspecified atom stereocenters. The molecule has 0 saturated carbocycles. The van der Waals surface area contributed by atoms with E-state index in [2.05, 4.69) is 20.5 Å². The van der Waals surface area contributed by atoms with Gasteiger partial charge in [-0.05, 0) is 30.7 Å². The number of nitrogens with one attached hydrogen (secondary N) is 2. The predicted octanol–water partition coefficient (Wildman–Crippen LogP) is 3.09. The Kier molecular flexibility index (Phi) is 4.54. The summed E-state index contributed by atoms with van der Waals surface area (Å²) in [5, 5.41) is 9.63. The molecule has 0 aliphatic carbocycles. The molecule has 0 spiro atoms. The number of H-pyrrole nitrogens is 1. The van der Waals surface area contributed by atoms with Crippen LogP contribution in [0, 0.1) is 0 Å². The van der Waals surface area contributed by atoms with Crippen LogP contribution in [0.2, 0.25) is 0 Å². The van der Waals surface area contributed by atoms with Crippen molar-refractivity contribution in [3.05, 3.63) is 54.0 Å². The monoisotopic (exact) mass is 391 g/mol. The van der Waals surface area contributed by atoms with Crippen molar-refractivity contribution < 1.29 is 22.4 Å². The van der Waals surface area contributed by atoms with Gasteiger partial charge in [0.1, 0.15) is 11.5 Å². The number of alkyl halides is 3. The summed E-state index contributed by atoms with van der Waals surface area (Å²) in [5.74, 6) is 0.692. The summed E-state index contributed by atoms with van der Waals surface area (Å²) in [6, 6.07) is 7.28. The average molecular weight is 391 g/mol. The molecule has 1 saturated heterocycles. The molecule has 1 aliphatic heterocycles. The Morgan fingerprint density at radius 1 is 1.32 bits per heavy atom. The Morgan fingerprint density at radius 2 is 2.18 bits per heavy atom. The number of anilines is 1. The van der Waals surface area contributed by atoms with Crippen molar-refractivity contribution in [1.29, 1.82) is 0 Å². The smallest absolute Gasteiger partial charge is 0.417 e. The van der Waals surface area contributed by atoms with Crippen LogP contribution in [0.15, 0.2) is 47.2 Å². The Morgan fingerprint density at radius 3 is 2.86 bits per heavy atom. The molecule has 3 aromatic heterocycles. The van der Waals surface area contributed by atoms with Crippen LogP contribution >= 0.6 is 0 Å². The third-order valence-electron chi connectivity index (χ3n) is 4.52. The molecule has 10 heteroatoms. The summed E-state index contributed by atoms with van der Waals surface area (Å²) < 4.78 is 43.2. The van der Waals surface area contributed by atoms with E-state index in [0.29, 0.717) is 36.8 Å². The van der Waals surface area contributed by atoms with Gasteiger partial charge in [-0.2, -0.15) is 18.3 Å². The second-order valence-corrected chi connectivity index (χ2v) is 6.45. The number of carbonyl (C=O) groups is 1. The summed E-state index contributed by atoms with van der Waals surface area (Å²) in [4.78, 5) is 18.1. The zero-order valence-corrected chi connectivity index (χ0v) is 14.5. The number of nitrogens with zero attached hydrogens (tertiary/aromatic N) is 3. The first kappa shape index (κ1) is 18.1. The summed E-state index contributed by atoms with van der Waals surface area (Å²) >= 11 is 0. The van der Waals surface area contributed by atoms with Crippen molar-refractivity contribution in [2.75, 3.05) is 18.0 Å². The minimum atomic E-state index is -4.41. The number of amides is 1. The van der Waals surface area contributed by atoms with Gasteiger partial charge in [0, 0.05) is 31.4 Å². The van der Waals surface area contributed by atoms with Gasteiger partial charge in [-0.15, -0.1) is 0 Å². The van der Waals surface area contributed by atoms with Gasteiger partial charge in [0.05, 0.1) is 11.8 Å². The van der Waals surface area contributed by atoms with Crippen LogP contribution in [0.4, 0.5) is 19.0 Å². The van der Waals surface area contributed by atoms with E-state index in [9.17, 15) is 18.0 Å². The molecule has 28 heavy (non-hydrogen) atoms. The van der Waals surface area contributed by atoms with Crippen LogP contribution in [0.5, 0.6) is 0 Å². The van der Waals surface area contributed by atoms with Gasteiger partial charge >= 0.3 is 6.18 Å². The standard InChI is InChI=1S/C18H16F3N5O2/c19-18(20,21)11-3-4-16(22-9-11)26-6-5-12(10-26)23-17(27)14-8-13(24-25-14)15-2-1-7-28-15/h1-4,7-9,12H,5-6,10H2,(H,23,27)(H,24,25). The molecular formula is C18H16F3N5O2. The van der Waals surface area contributed by atoms with E-state index < -0.39 is 11.7 Å². The van der Waals surface area contributed by atoms with Gasteiger partial charge in [-0.3, -0.25) is 9.89 Å². The van der Waals surface area contributed by atoms with E-state index in [1.54, 1.807) is 18.2 Å². The molecule has 0 bridgehead atoms. The SMILES string of the molecule is O=C(NC1CCN(c2ccc(C(F)(F)F)cn2)C1)c1cc(-c2ccco2)[nH]n1. The molecule has 1 atom stereocenters. The maximum atomic E-state index is 12.6. The summed E-state index contributed by atoms with van der Waals surface area (Å²) in [6.45, 7) is 1.04. The fraction of sp³-hybridized carbons (Fsp3) is 0.278. The fourth-order valence-corrected chi connectivity index (χ4v) is 3.08. The summed E-state index contributed by atoms with van der Waals surface area (Å²) in [6.07, 6.45) is -1.41. The molecule has 3 aromatic rings. The summed E-state index contributed by atoms with van der Waals surface area (Å²) in [7, 11) is 0. The van der Waals surface area contributed by atoms with Crippen LogP contribution in [0.1, 0.15) is 22.5 Å².